The smallest absolute Gasteiger partial charge is 0.350 e. The molecule has 0 saturated carbocycles. The average Bonchev–Trinajstić information content (AvgIpc) is 3.01. The monoisotopic (exact) mass is 423 g/mol. The molecule has 9 nitrogen and oxygen atoms in total. The maximum Gasteiger partial charge on any atom is 0.350 e. The molecule has 150 valence electrons. The molecule has 0 bridgehead atoms. The van der Waals surface area contributed by atoms with Crippen molar-refractivity contribution in [1.82, 2.24) is 15.2 Å². The van der Waals surface area contributed by atoms with Gasteiger partial charge in [0.1, 0.15) is 9.90 Å². The van der Waals surface area contributed by atoms with Crippen molar-refractivity contribution in [3.63, 3.8) is 0 Å². The molecule has 0 radical (unpaired) electrons. The average molecular weight is 424 g/mol. The number of anilines is 2. The van der Waals surface area contributed by atoms with Crippen LogP contribution < -0.4 is 10.6 Å². The predicted octanol–water partition coefficient (Wildman–Crippen LogP) is 2.74. The van der Waals surface area contributed by atoms with Crippen LogP contribution in [0.2, 0.25) is 0 Å². The van der Waals surface area contributed by atoms with Crippen LogP contribution in [0.4, 0.5) is 10.9 Å². The number of rotatable bonds is 8. The minimum atomic E-state index is -0.452. The molecule has 2 aromatic rings. The summed E-state index contributed by atoms with van der Waals surface area (Å²) in [6.07, 6.45) is 0. The van der Waals surface area contributed by atoms with E-state index in [1.54, 1.807) is 39.8 Å². The van der Waals surface area contributed by atoms with Gasteiger partial charge in [0.2, 0.25) is 11.8 Å². The second-order valence-corrected chi connectivity index (χ2v) is 7.89. The third kappa shape index (κ3) is 6.27. The van der Waals surface area contributed by atoms with E-state index in [4.69, 9.17) is 4.74 Å². The third-order valence-corrected chi connectivity index (χ3v) is 5.24. The topological polar surface area (TPSA) is 123 Å². The van der Waals surface area contributed by atoms with E-state index in [-0.39, 0.29) is 30.1 Å². The molecule has 0 unspecified atom stereocenters. The first-order valence-corrected chi connectivity index (χ1v) is 10.3. The van der Waals surface area contributed by atoms with E-state index in [1.165, 1.54) is 11.8 Å². The summed E-state index contributed by atoms with van der Waals surface area (Å²) in [7, 11) is 0. The Morgan fingerprint density at radius 1 is 1.21 bits per heavy atom. The van der Waals surface area contributed by atoms with Gasteiger partial charge in [-0.3, -0.25) is 9.59 Å². The molecule has 0 atom stereocenters. The van der Waals surface area contributed by atoms with Crippen molar-refractivity contribution in [2.24, 2.45) is 5.92 Å². The molecule has 0 aromatic carbocycles. The van der Waals surface area contributed by atoms with Crippen molar-refractivity contribution in [2.75, 3.05) is 23.0 Å². The quantitative estimate of drug-likeness (QED) is 0.491. The number of amides is 2. The highest BCUT2D eigenvalue weighted by molar-refractivity contribution is 7.99. The van der Waals surface area contributed by atoms with Gasteiger partial charge in [-0.2, -0.15) is 0 Å². The Bertz CT molecular complexity index is 852. The standard InChI is InChI=1S/C17H21N5O4S2/c1-5-26-16(25)14-10(4)18-17(28-14)20-12(23)8-27-13-7-6-11(21-22-13)19-15(24)9(2)3/h6-7,9H,5,8H2,1-4H3,(H,18,20,23)(H,19,21,24). The number of nitrogens with zero attached hydrogens (tertiary/aromatic N) is 3. The van der Waals surface area contributed by atoms with Crippen molar-refractivity contribution < 1.29 is 19.1 Å². The van der Waals surface area contributed by atoms with Gasteiger partial charge in [-0.15, -0.1) is 10.2 Å². The van der Waals surface area contributed by atoms with E-state index in [1.807, 2.05) is 0 Å². The summed E-state index contributed by atoms with van der Waals surface area (Å²) in [6.45, 7) is 7.25. The molecule has 0 saturated heterocycles. The van der Waals surface area contributed by atoms with Crippen LogP contribution in [0, 0.1) is 12.8 Å². The number of ether oxygens (including phenoxy) is 1. The Kier molecular flexibility index (Phi) is 7.88. The third-order valence-electron chi connectivity index (χ3n) is 3.27. The van der Waals surface area contributed by atoms with Crippen LogP contribution in [-0.2, 0) is 14.3 Å². The fourth-order valence-corrected chi connectivity index (χ4v) is 3.36. The van der Waals surface area contributed by atoms with Gasteiger partial charge in [0.25, 0.3) is 0 Å². The largest absolute Gasteiger partial charge is 0.462 e. The normalized spacial score (nSPS) is 10.6. The van der Waals surface area contributed by atoms with Crippen molar-refractivity contribution >= 4 is 51.8 Å². The van der Waals surface area contributed by atoms with Gasteiger partial charge in [-0.25, -0.2) is 9.78 Å². The molecular formula is C17H21N5O4S2. The molecule has 2 aromatic heterocycles. The zero-order valence-electron chi connectivity index (χ0n) is 15.9. The summed E-state index contributed by atoms with van der Waals surface area (Å²) in [5.74, 6) is -0.578. The number of nitrogens with one attached hydrogen (secondary N) is 2. The number of carbonyl (C=O) groups is 3. The Hall–Kier alpha value is -2.53. The van der Waals surface area contributed by atoms with Crippen LogP contribution in [-0.4, -0.2) is 45.3 Å². The number of thioether (sulfide) groups is 1. The minimum absolute atomic E-state index is 0.0970. The Labute approximate surface area is 170 Å². The van der Waals surface area contributed by atoms with Gasteiger partial charge < -0.3 is 15.4 Å². The SMILES string of the molecule is CCOC(=O)c1sc(NC(=O)CSc2ccc(NC(=O)C(C)C)nn2)nc1C. The van der Waals surface area contributed by atoms with Gasteiger partial charge in [0.15, 0.2) is 10.9 Å². The van der Waals surface area contributed by atoms with E-state index >= 15 is 0 Å². The van der Waals surface area contributed by atoms with Crippen LogP contribution in [0.1, 0.15) is 36.1 Å². The maximum atomic E-state index is 12.1. The number of carbonyl (C=O) groups excluding carboxylic acids is 3. The lowest BCUT2D eigenvalue weighted by Gasteiger charge is -2.06. The van der Waals surface area contributed by atoms with Crippen LogP contribution in [0.5, 0.6) is 0 Å². The number of hydrogen-bond acceptors (Lipinski definition) is 9. The highest BCUT2D eigenvalue weighted by Crippen LogP contribution is 2.24. The lowest BCUT2D eigenvalue weighted by atomic mass is 10.2. The Morgan fingerprint density at radius 3 is 2.57 bits per heavy atom. The molecule has 0 spiro atoms. The van der Waals surface area contributed by atoms with Gasteiger partial charge in [-0.05, 0) is 26.0 Å². The molecule has 2 amide bonds. The zero-order valence-corrected chi connectivity index (χ0v) is 17.6. The van der Waals surface area contributed by atoms with E-state index in [0.717, 1.165) is 11.3 Å². The summed E-state index contributed by atoms with van der Waals surface area (Å²) in [5, 5.41) is 14.1. The van der Waals surface area contributed by atoms with Gasteiger partial charge >= 0.3 is 5.97 Å². The van der Waals surface area contributed by atoms with Gasteiger partial charge in [-0.1, -0.05) is 36.9 Å². The summed E-state index contributed by atoms with van der Waals surface area (Å²) in [6, 6.07) is 3.30. The number of hydrogen-bond donors (Lipinski definition) is 2. The highest BCUT2D eigenvalue weighted by atomic mass is 32.2. The summed E-state index contributed by atoms with van der Waals surface area (Å²) in [5.41, 5.74) is 0.510. The molecule has 28 heavy (non-hydrogen) atoms. The predicted molar refractivity (Wildman–Crippen MR) is 108 cm³/mol. The Morgan fingerprint density at radius 2 is 1.96 bits per heavy atom. The summed E-state index contributed by atoms with van der Waals surface area (Å²) >= 11 is 2.27. The highest BCUT2D eigenvalue weighted by Gasteiger charge is 2.17. The van der Waals surface area contributed by atoms with Gasteiger partial charge in [0.05, 0.1) is 18.1 Å². The van der Waals surface area contributed by atoms with E-state index < -0.39 is 5.97 Å². The molecule has 0 aliphatic rings. The number of esters is 1. The van der Waals surface area contributed by atoms with Crippen LogP contribution in [0.15, 0.2) is 17.2 Å². The van der Waals surface area contributed by atoms with Crippen molar-refractivity contribution in [3.05, 3.63) is 22.7 Å². The molecule has 11 heteroatoms. The first kappa shape index (κ1) is 21.8. The number of aromatic nitrogens is 3. The van der Waals surface area contributed by atoms with E-state index in [2.05, 4.69) is 25.8 Å². The van der Waals surface area contributed by atoms with E-state index in [0.29, 0.717) is 26.5 Å². The first-order chi connectivity index (χ1) is 13.3. The number of aryl methyl sites for hydroxylation is 1. The summed E-state index contributed by atoms with van der Waals surface area (Å²) in [4.78, 5) is 40.1. The molecule has 2 N–H and O–H groups in total. The van der Waals surface area contributed by atoms with Crippen molar-refractivity contribution in [2.45, 2.75) is 32.7 Å². The minimum Gasteiger partial charge on any atom is -0.462 e. The molecular weight excluding hydrogens is 402 g/mol. The number of thiazole rings is 1. The van der Waals surface area contributed by atoms with Crippen molar-refractivity contribution in [1.29, 1.82) is 0 Å². The lowest BCUT2D eigenvalue weighted by Crippen LogP contribution is -2.18. The summed E-state index contributed by atoms with van der Waals surface area (Å²) < 4.78 is 4.95. The fraction of sp³-hybridized carbons (Fsp3) is 0.412. The second kappa shape index (κ2) is 10.1. The van der Waals surface area contributed by atoms with Crippen LogP contribution in [0.25, 0.3) is 0 Å². The molecule has 2 rings (SSSR count). The van der Waals surface area contributed by atoms with Gasteiger partial charge in [0, 0.05) is 5.92 Å². The lowest BCUT2D eigenvalue weighted by molar-refractivity contribution is -0.119. The zero-order chi connectivity index (χ0) is 20.7. The van der Waals surface area contributed by atoms with Crippen molar-refractivity contribution in [3.8, 4) is 0 Å². The molecule has 2 heterocycles. The second-order valence-electron chi connectivity index (χ2n) is 5.89. The molecule has 0 aliphatic heterocycles. The van der Waals surface area contributed by atoms with E-state index in [9.17, 15) is 14.4 Å². The first-order valence-electron chi connectivity index (χ1n) is 8.52. The molecule has 0 aliphatic carbocycles. The van der Waals surface area contributed by atoms with Crippen LogP contribution in [0.3, 0.4) is 0 Å². The fourth-order valence-electron chi connectivity index (χ4n) is 1.87. The molecule has 0 fully saturated rings. The van der Waals surface area contributed by atoms with Crippen LogP contribution >= 0.6 is 23.1 Å². The maximum absolute atomic E-state index is 12.1. The Balaban J connectivity index is 1.86.